The first-order valence-electron chi connectivity index (χ1n) is 5.78. The number of carbonyl (C=O) groups is 1. The summed E-state index contributed by atoms with van der Waals surface area (Å²) in [5, 5.41) is 2.80. The first-order chi connectivity index (χ1) is 8.34. The van der Waals surface area contributed by atoms with Crippen LogP contribution >= 0.6 is 27.7 Å². The molecule has 18 heavy (non-hydrogen) atoms. The van der Waals surface area contributed by atoms with Crippen LogP contribution in [0.5, 0.6) is 0 Å². The van der Waals surface area contributed by atoms with Gasteiger partial charge in [-0.2, -0.15) is 0 Å². The van der Waals surface area contributed by atoms with Crippen LogP contribution in [0.2, 0.25) is 0 Å². The molecule has 0 saturated heterocycles. The highest BCUT2D eigenvalue weighted by Crippen LogP contribution is 2.25. The topological polar surface area (TPSA) is 55.1 Å². The largest absolute Gasteiger partial charge is 0.349 e. The average molecular weight is 331 g/mol. The van der Waals surface area contributed by atoms with Crippen molar-refractivity contribution < 1.29 is 4.79 Å². The minimum atomic E-state index is -0.356. The molecule has 3 N–H and O–H groups in total. The van der Waals surface area contributed by atoms with Crippen LogP contribution in [0.1, 0.15) is 20.8 Å². The van der Waals surface area contributed by atoms with Crippen molar-refractivity contribution >= 4 is 33.6 Å². The Morgan fingerprint density at radius 1 is 1.44 bits per heavy atom. The van der Waals surface area contributed by atoms with E-state index in [2.05, 4.69) is 21.2 Å². The fourth-order valence-electron chi connectivity index (χ4n) is 1.26. The predicted octanol–water partition coefficient (Wildman–Crippen LogP) is 2.78. The van der Waals surface area contributed by atoms with E-state index in [1.54, 1.807) is 0 Å². The number of benzene rings is 1. The van der Waals surface area contributed by atoms with E-state index in [1.807, 2.05) is 45.0 Å². The van der Waals surface area contributed by atoms with E-state index in [-0.39, 0.29) is 16.7 Å². The Kier molecular flexibility index (Phi) is 5.69. The molecule has 0 bridgehead atoms. The minimum Gasteiger partial charge on any atom is -0.349 e. The smallest absolute Gasteiger partial charge is 0.233 e. The molecular weight excluding hydrogens is 312 g/mol. The summed E-state index contributed by atoms with van der Waals surface area (Å²) < 4.78 is 1.04. The van der Waals surface area contributed by atoms with E-state index in [9.17, 15) is 4.79 Å². The number of hydrogen-bond acceptors (Lipinski definition) is 3. The Bertz CT molecular complexity index is 406. The van der Waals surface area contributed by atoms with Gasteiger partial charge >= 0.3 is 0 Å². The van der Waals surface area contributed by atoms with Gasteiger partial charge < -0.3 is 11.1 Å². The summed E-state index contributed by atoms with van der Waals surface area (Å²) >= 11 is 4.93. The molecule has 1 rings (SSSR count). The summed E-state index contributed by atoms with van der Waals surface area (Å²) in [6, 6.07) is 7.92. The Hall–Kier alpha value is -0.520. The molecule has 1 atom stereocenters. The first kappa shape index (κ1) is 15.5. The molecule has 3 nitrogen and oxygen atoms in total. The monoisotopic (exact) mass is 330 g/mol. The Morgan fingerprint density at radius 2 is 2.00 bits per heavy atom. The van der Waals surface area contributed by atoms with Crippen molar-refractivity contribution in [1.29, 1.82) is 0 Å². The minimum absolute atomic E-state index is 0.0124. The molecular formula is C13H19BrN2OS. The van der Waals surface area contributed by atoms with E-state index in [0.29, 0.717) is 6.54 Å². The number of hydrogen-bond donors (Lipinski definition) is 2. The van der Waals surface area contributed by atoms with Crippen LogP contribution in [-0.4, -0.2) is 23.2 Å². The lowest BCUT2D eigenvalue weighted by Crippen LogP contribution is -2.51. The Balaban J connectivity index is 2.57. The molecule has 0 heterocycles. The third kappa shape index (κ3) is 5.00. The van der Waals surface area contributed by atoms with Gasteiger partial charge in [0.25, 0.3) is 0 Å². The lowest BCUT2D eigenvalue weighted by molar-refractivity contribution is -0.121. The maximum Gasteiger partial charge on any atom is 0.233 e. The average Bonchev–Trinajstić information content (AvgIpc) is 2.31. The number of amides is 1. The van der Waals surface area contributed by atoms with Gasteiger partial charge in [0.15, 0.2) is 0 Å². The first-order valence-corrected chi connectivity index (χ1v) is 7.45. The lowest BCUT2D eigenvalue weighted by atomic mass is 10.1. The summed E-state index contributed by atoms with van der Waals surface area (Å²) in [5.74, 6) is 0.0124. The molecule has 1 amide bonds. The molecule has 0 fully saturated rings. The zero-order valence-corrected chi connectivity index (χ0v) is 13.3. The molecule has 100 valence electrons. The van der Waals surface area contributed by atoms with Crippen LogP contribution in [0.3, 0.4) is 0 Å². The van der Waals surface area contributed by atoms with Crippen molar-refractivity contribution in [3.63, 3.8) is 0 Å². The van der Waals surface area contributed by atoms with Crippen molar-refractivity contribution in [1.82, 2.24) is 5.32 Å². The highest BCUT2D eigenvalue weighted by molar-refractivity contribution is 9.10. The second-order valence-electron chi connectivity index (χ2n) is 4.79. The second kappa shape index (κ2) is 6.59. The van der Waals surface area contributed by atoms with Crippen molar-refractivity contribution in [2.24, 2.45) is 5.73 Å². The molecule has 0 aliphatic heterocycles. The molecule has 1 aromatic rings. The number of halogens is 1. The van der Waals surface area contributed by atoms with Crippen molar-refractivity contribution in [2.75, 3.05) is 6.54 Å². The van der Waals surface area contributed by atoms with Crippen LogP contribution in [0, 0.1) is 0 Å². The number of nitrogens with two attached hydrogens (primary N) is 1. The van der Waals surface area contributed by atoms with Crippen LogP contribution in [0.4, 0.5) is 0 Å². The van der Waals surface area contributed by atoms with Gasteiger partial charge in [-0.25, -0.2) is 0 Å². The van der Waals surface area contributed by atoms with Gasteiger partial charge in [-0.1, -0.05) is 15.9 Å². The SMILES string of the molecule is CC(Sc1ccc(Br)cc1)C(=O)NC(C)(C)CN. The zero-order chi connectivity index (χ0) is 13.8. The van der Waals surface area contributed by atoms with E-state index >= 15 is 0 Å². The van der Waals surface area contributed by atoms with Gasteiger partial charge in [-0.15, -0.1) is 11.8 Å². The summed E-state index contributed by atoms with van der Waals surface area (Å²) in [4.78, 5) is 13.1. The molecule has 5 heteroatoms. The van der Waals surface area contributed by atoms with Gasteiger partial charge in [0, 0.05) is 21.5 Å². The maximum absolute atomic E-state index is 12.0. The van der Waals surface area contributed by atoms with Crippen molar-refractivity contribution in [3.05, 3.63) is 28.7 Å². The molecule has 0 saturated carbocycles. The van der Waals surface area contributed by atoms with Crippen molar-refractivity contribution in [3.8, 4) is 0 Å². The fourth-order valence-corrected chi connectivity index (χ4v) is 2.39. The molecule has 1 unspecified atom stereocenters. The second-order valence-corrected chi connectivity index (χ2v) is 7.12. The molecule has 0 spiro atoms. The van der Waals surface area contributed by atoms with Crippen LogP contribution < -0.4 is 11.1 Å². The van der Waals surface area contributed by atoms with Crippen LogP contribution in [-0.2, 0) is 4.79 Å². The van der Waals surface area contributed by atoms with Gasteiger partial charge in [0.05, 0.1) is 5.25 Å². The number of carbonyl (C=O) groups excluding carboxylic acids is 1. The molecule has 0 aliphatic carbocycles. The van der Waals surface area contributed by atoms with Crippen LogP contribution in [0.15, 0.2) is 33.6 Å². The van der Waals surface area contributed by atoms with Crippen molar-refractivity contribution in [2.45, 2.75) is 36.5 Å². The highest BCUT2D eigenvalue weighted by atomic mass is 79.9. The van der Waals surface area contributed by atoms with E-state index < -0.39 is 0 Å². The summed E-state index contributed by atoms with van der Waals surface area (Å²) in [5.41, 5.74) is 5.24. The van der Waals surface area contributed by atoms with Gasteiger partial charge in [0.1, 0.15) is 0 Å². The number of nitrogens with one attached hydrogen (secondary N) is 1. The molecule has 0 radical (unpaired) electrons. The Labute approximate surface area is 121 Å². The molecule has 1 aromatic carbocycles. The summed E-state index contributed by atoms with van der Waals surface area (Å²) in [6.45, 7) is 6.16. The van der Waals surface area contributed by atoms with Gasteiger partial charge in [-0.3, -0.25) is 4.79 Å². The zero-order valence-electron chi connectivity index (χ0n) is 10.9. The Morgan fingerprint density at radius 3 is 2.50 bits per heavy atom. The summed E-state index contributed by atoms with van der Waals surface area (Å²) in [6.07, 6.45) is 0. The van der Waals surface area contributed by atoms with Gasteiger partial charge in [-0.05, 0) is 45.0 Å². The summed E-state index contributed by atoms with van der Waals surface area (Å²) in [7, 11) is 0. The maximum atomic E-state index is 12.0. The third-order valence-corrected chi connectivity index (χ3v) is 4.11. The predicted molar refractivity (Wildman–Crippen MR) is 80.7 cm³/mol. The number of rotatable bonds is 5. The van der Waals surface area contributed by atoms with E-state index in [4.69, 9.17) is 5.73 Å². The quantitative estimate of drug-likeness (QED) is 0.816. The van der Waals surface area contributed by atoms with Gasteiger partial charge in [0.2, 0.25) is 5.91 Å². The molecule has 0 aliphatic rings. The number of thioether (sulfide) groups is 1. The highest BCUT2D eigenvalue weighted by Gasteiger charge is 2.22. The van der Waals surface area contributed by atoms with Crippen LogP contribution in [0.25, 0.3) is 0 Å². The lowest BCUT2D eigenvalue weighted by Gasteiger charge is -2.26. The third-order valence-electron chi connectivity index (χ3n) is 2.47. The normalized spacial score (nSPS) is 13.2. The fraction of sp³-hybridized carbons (Fsp3) is 0.462. The molecule has 0 aromatic heterocycles. The standard InChI is InChI=1S/C13H19BrN2OS/c1-9(12(17)16-13(2,3)8-15)18-11-6-4-10(14)5-7-11/h4-7,9H,8,15H2,1-3H3,(H,16,17). The van der Waals surface area contributed by atoms with E-state index in [1.165, 1.54) is 11.8 Å². The van der Waals surface area contributed by atoms with E-state index in [0.717, 1.165) is 9.37 Å².